The highest BCUT2D eigenvalue weighted by molar-refractivity contribution is 6.08. The van der Waals surface area contributed by atoms with E-state index in [2.05, 4.69) is 5.32 Å². The second kappa shape index (κ2) is 11.4. The first kappa shape index (κ1) is 26.8. The van der Waals surface area contributed by atoms with Gasteiger partial charge >= 0.3 is 11.9 Å². The summed E-state index contributed by atoms with van der Waals surface area (Å²) in [4.78, 5) is 49.0. The fourth-order valence-corrected chi connectivity index (χ4v) is 4.07. The van der Waals surface area contributed by atoms with Crippen LogP contribution in [0.2, 0.25) is 0 Å². The minimum Gasteiger partial charge on any atom is -0.478 e. The Kier molecular flexibility index (Phi) is 7.86. The van der Waals surface area contributed by atoms with Gasteiger partial charge in [0.05, 0.1) is 16.7 Å². The van der Waals surface area contributed by atoms with E-state index in [9.17, 15) is 29.4 Å². The van der Waals surface area contributed by atoms with E-state index in [1.807, 2.05) is 31.2 Å². The van der Waals surface area contributed by atoms with Gasteiger partial charge in [-0.15, -0.1) is 0 Å². The lowest BCUT2D eigenvalue weighted by Crippen LogP contribution is -2.21. The molecule has 0 aromatic heterocycles. The molecule has 4 rings (SSSR count). The van der Waals surface area contributed by atoms with Gasteiger partial charge in [0.15, 0.2) is 5.78 Å². The lowest BCUT2D eigenvalue weighted by Gasteiger charge is -2.12. The van der Waals surface area contributed by atoms with Crippen LogP contribution < -0.4 is 10.1 Å². The van der Waals surface area contributed by atoms with Crippen LogP contribution in [0.4, 0.5) is 0 Å². The summed E-state index contributed by atoms with van der Waals surface area (Å²) in [5.41, 5.74) is 2.34. The molecule has 39 heavy (non-hydrogen) atoms. The average Bonchev–Trinajstić information content (AvgIpc) is 2.94. The number of nitrogens with one attached hydrogen (secondary N) is 1. The number of aryl methyl sites for hydroxylation is 1. The lowest BCUT2D eigenvalue weighted by molar-refractivity contribution is 0.0683. The summed E-state index contributed by atoms with van der Waals surface area (Å²) in [6.45, 7) is 1.98. The van der Waals surface area contributed by atoms with Gasteiger partial charge in [-0.2, -0.15) is 0 Å². The quantitative estimate of drug-likeness (QED) is 0.242. The van der Waals surface area contributed by atoms with Crippen LogP contribution in [0.3, 0.4) is 0 Å². The summed E-state index contributed by atoms with van der Waals surface area (Å²) in [7, 11) is 1.39. The second-order valence-corrected chi connectivity index (χ2v) is 8.87. The summed E-state index contributed by atoms with van der Waals surface area (Å²) in [6.07, 6.45) is -0.0456. The molecule has 196 valence electrons. The highest BCUT2D eigenvalue weighted by atomic mass is 16.5. The molecule has 4 aromatic rings. The molecule has 0 saturated carbocycles. The Balaban J connectivity index is 1.61. The molecule has 0 spiro atoms. The summed E-state index contributed by atoms with van der Waals surface area (Å²) in [6, 6.07) is 23.1. The molecule has 0 aliphatic rings. The Morgan fingerprint density at radius 2 is 1.15 bits per heavy atom. The van der Waals surface area contributed by atoms with Gasteiger partial charge < -0.3 is 20.3 Å². The Bertz CT molecular complexity index is 1570. The summed E-state index contributed by atoms with van der Waals surface area (Å²) in [5.74, 6) is -2.22. The summed E-state index contributed by atoms with van der Waals surface area (Å²) >= 11 is 0. The maximum Gasteiger partial charge on any atom is 0.336 e. The van der Waals surface area contributed by atoms with Crippen LogP contribution >= 0.6 is 0 Å². The van der Waals surface area contributed by atoms with E-state index in [1.54, 1.807) is 24.3 Å². The zero-order valence-electron chi connectivity index (χ0n) is 21.2. The standard InChI is InChI=1S/C31H25NO7/c1-18-3-9-22(10-4-18)39-23-11-5-19(6-12-23)15-28(33)26-16-20(7-13-24(26)30(35)36)21-8-14-25(31(37)38)27(17-21)29(34)32-2/h3-14,16-17H,15H2,1-2H3,(H,32,34)(H,35,36)(H,37,38). The topological polar surface area (TPSA) is 130 Å². The first-order valence-corrected chi connectivity index (χ1v) is 12.0. The van der Waals surface area contributed by atoms with Crippen LogP contribution in [0.1, 0.15) is 52.6 Å². The van der Waals surface area contributed by atoms with Gasteiger partial charge in [0.25, 0.3) is 5.91 Å². The molecule has 1 amide bonds. The van der Waals surface area contributed by atoms with E-state index in [0.29, 0.717) is 28.2 Å². The predicted octanol–water partition coefficient (Wildman–Crippen LogP) is 5.64. The van der Waals surface area contributed by atoms with Gasteiger partial charge in [0, 0.05) is 19.0 Å². The van der Waals surface area contributed by atoms with E-state index in [0.717, 1.165) is 5.56 Å². The lowest BCUT2D eigenvalue weighted by atomic mass is 9.92. The molecule has 0 radical (unpaired) electrons. The van der Waals surface area contributed by atoms with Crippen molar-refractivity contribution < 1.29 is 34.1 Å². The van der Waals surface area contributed by atoms with E-state index >= 15 is 0 Å². The Labute approximate surface area is 224 Å². The Morgan fingerprint density at radius 1 is 0.667 bits per heavy atom. The van der Waals surface area contributed by atoms with Crippen LogP contribution in [0.5, 0.6) is 11.5 Å². The molecule has 0 heterocycles. The number of hydrogen-bond acceptors (Lipinski definition) is 5. The van der Waals surface area contributed by atoms with E-state index in [-0.39, 0.29) is 28.7 Å². The third-order valence-corrected chi connectivity index (χ3v) is 6.15. The fraction of sp³-hybridized carbons (Fsp3) is 0.0968. The molecule has 0 aliphatic heterocycles. The fourth-order valence-electron chi connectivity index (χ4n) is 4.07. The second-order valence-electron chi connectivity index (χ2n) is 8.87. The molecule has 0 unspecified atom stereocenters. The van der Waals surface area contributed by atoms with Crippen molar-refractivity contribution in [2.45, 2.75) is 13.3 Å². The van der Waals surface area contributed by atoms with Crippen LogP contribution in [0.15, 0.2) is 84.9 Å². The number of carboxylic acids is 2. The molecule has 0 atom stereocenters. The first-order valence-electron chi connectivity index (χ1n) is 12.0. The van der Waals surface area contributed by atoms with Crippen molar-refractivity contribution in [3.63, 3.8) is 0 Å². The van der Waals surface area contributed by atoms with Gasteiger partial charge in [0.2, 0.25) is 0 Å². The molecule has 0 aliphatic carbocycles. The number of hydrogen-bond donors (Lipinski definition) is 3. The predicted molar refractivity (Wildman–Crippen MR) is 145 cm³/mol. The van der Waals surface area contributed by atoms with Crippen molar-refractivity contribution in [2.75, 3.05) is 7.05 Å². The maximum atomic E-state index is 13.3. The van der Waals surface area contributed by atoms with Gasteiger partial charge in [-0.3, -0.25) is 9.59 Å². The number of carboxylic acid groups (broad SMARTS) is 2. The molecule has 8 heteroatoms. The first-order chi connectivity index (χ1) is 18.7. The van der Waals surface area contributed by atoms with Crippen molar-refractivity contribution in [1.82, 2.24) is 5.32 Å². The van der Waals surface area contributed by atoms with Gasteiger partial charge in [-0.05, 0) is 72.1 Å². The third-order valence-electron chi connectivity index (χ3n) is 6.15. The molecule has 8 nitrogen and oxygen atoms in total. The zero-order valence-corrected chi connectivity index (χ0v) is 21.2. The molecule has 0 bridgehead atoms. The highest BCUT2D eigenvalue weighted by Crippen LogP contribution is 2.27. The average molecular weight is 524 g/mol. The van der Waals surface area contributed by atoms with Crippen molar-refractivity contribution >= 4 is 23.6 Å². The zero-order chi connectivity index (χ0) is 28.1. The van der Waals surface area contributed by atoms with Crippen LogP contribution in [0, 0.1) is 6.92 Å². The summed E-state index contributed by atoms with van der Waals surface area (Å²) < 4.78 is 5.82. The van der Waals surface area contributed by atoms with E-state index < -0.39 is 23.6 Å². The number of Topliss-reactive ketones (excluding diaryl/α,β-unsaturated/α-hetero) is 1. The monoisotopic (exact) mass is 523 g/mol. The number of rotatable bonds is 9. The van der Waals surface area contributed by atoms with E-state index in [1.165, 1.54) is 43.4 Å². The summed E-state index contributed by atoms with van der Waals surface area (Å²) in [5, 5.41) is 21.5. The normalized spacial score (nSPS) is 10.5. The number of carbonyl (C=O) groups excluding carboxylic acids is 2. The number of amides is 1. The number of ether oxygens (including phenoxy) is 1. The number of ketones is 1. The molecule has 0 saturated heterocycles. The largest absolute Gasteiger partial charge is 0.478 e. The van der Waals surface area contributed by atoms with Crippen LogP contribution in [-0.2, 0) is 6.42 Å². The molecular weight excluding hydrogens is 498 g/mol. The molecule has 4 aromatic carbocycles. The van der Waals surface area contributed by atoms with Gasteiger partial charge in [-0.25, -0.2) is 9.59 Å². The molecule has 3 N–H and O–H groups in total. The van der Waals surface area contributed by atoms with Gasteiger partial charge in [0.1, 0.15) is 11.5 Å². The highest BCUT2D eigenvalue weighted by Gasteiger charge is 2.20. The van der Waals surface area contributed by atoms with Crippen LogP contribution in [0.25, 0.3) is 11.1 Å². The van der Waals surface area contributed by atoms with Crippen molar-refractivity contribution in [2.24, 2.45) is 0 Å². The minimum atomic E-state index is -1.26. The number of aromatic carboxylic acids is 2. The Morgan fingerprint density at radius 3 is 1.67 bits per heavy atom. The number of carbonyl (C=O) groups is 4. The van der Waals surface area contributed by atoms with E-state index in [4.69, 9.17) is 4.74 Å². The Hall–Kier alpha value is -5.24. The molecule has 0 fully saturated rings. The van der Waals surface area contributed by atoms with Crippen molar-refractivity contribution in [3.8, 4) is 22.6 Å². The van der Waals surface area contributed by atoms with Gasteiger partial charge in [-0.1, -0.05) is 42.0 Å². The van der Waals surface area contributed by atoms with Crippen molar-refractivity contribution in [1.29, 1.82) is 0 Å². The SMILES string of the molecule is CNC(=O)c1cc(-c2ccc(C(=O)O)c(C(=O)Cc3ccc(Oc4ccc(C)cc4)cc3)c2)ccc1C(=O)O. The third kappa shape index (κ3) is 6.19. The van der Waals surface area contributed by atoms with Crippen LogP contribution in [-0.4, -0.2) is 40.9 Å². The molecular formula is C31H25NO7. The minimum absolute atomic E-state index is 0.00351. The smallest absolute Gasteiger partial charge is 0.336 e. The number of benzene rings is 4. The van der Waals surface area contributed by atoms with Crippen molar-refractivity contribution in [3.05, 3.63) is 118 Å². The maximum absolute atomic E-state index is 13.3.